The molecule has 0 radical (unpaired) electrons. The average molecular weight is 388 g/mol. The normalized spacial score (nSPS) is 10.6. The maximum atomic E-state index is 12.7. The van der Waals surface area contributed by atoms with Gasteiger partial charge in [-0.25, -0.2) is 9.97 Å². The minimum absolute atomic E-state index is 0.194. The Hall–Kier alpha value is -3.13. The fraction of sp³-hybridized carbons (Fsp3) is 0.222. The molecule has 3 rings (SSSR count). The fourth-order valence-electron chi connectivity index (χ4n) is 2.40. The van der Waals surface area contributed by atoms with Gasteiger partial charge in [0.25, 0.3) is 5.91 Å². The first kappa shape index (κ1) is 18.7. The van der Waals surface area contributed by atoms with Gasteiger partial charge in [0, 0.05) is 22.8 Å². The van der Waals surface area contributed by atoms with Crippen molar-refractivity contribution in [3.8, 4) is 5.75 Å². The van der Waals surface area contributed by atoms with Gasteiger partial charge in [-0.2, -0.15) is 0 Å². The summed E-state index contributed by atoms with van der Waals surface area (Å²) >= 11 is 6.10. The molecule has 0 aliphatic rings. The Kier molecular flexibility index (Phi) is 5.27. The van der Waals surface area contributed by atoms with Crippen LogP contribution in [0.5, 0.6) is 5.75 Å². The van der Waals surface area contributed by atoms with Crippen molar-refractivity contribution in [2.24, 2.45) is 0 Å². The van der Waals surface area contributed by atoms with Gasteiger partial charge in [0.1, 0.15) is 17.2 Å². The number of benzene rings is 1. The van der Waals surface area contributed by atoms with Crippen molar-refractivity contribution in [3.05, 3.63) is 52.0 Å². The highest BCUT2D eigenvalue weighted by atomic mass is 35.5. The van der Waals surface area contributed by atoms with Crippen LogP contribution in [0.2, 0.25) is 5.02 Å². The smallest absolute Gasteiger partial charge is 0.274 e. The summed E-state index contributed by atoms with van der Waals surface area (Å²) in [6, 6.07) is 6.68. The summed E-state index contributed by atoms with van der Waals surface area (Å²) in [7, 11) is 1.51. The first-order chi connectivity index (χ1) is 12.9. The van der Waals surface area contributed by atoms with Gasteiger partial charge in [0.05, 0.1) is 12.8 Å². The van der Waals surface area contributed by atoms with Gasteiger partial charge in [-0.15, -0.1) is 0 Å². The van der Waals surface area contributed by atoms with Crippen LogP contribution >= 0.6 is 11.6 Å². The van der Waals surface area contributed by atoms with Crippen LogP contribution in [0.3, 0.4) is 0 Å². The van der Waals surface area contributed by atoms with Crippen LogP contribution in [-0.2, 0) is 0 Å². The number of aryl methyl sites for hydroxylation is 3. The van der Waals surface area contributed by atoms with E-state index in [4.69, 9.17) is 20.9 Å². The van der Waals surface area contributed by atoms with Crippen molar-refractivity contribution >= 4 is 35.0 Å². The molecule has 2 heterocycles. The van der Waals surface area contributed by atoms with E-state index in [1.54, 1.807) is 38.1 Å². The minimum Gasteiger partial charge on any atom is -0.495 e. The monoisotopic (exact) mass is 387 g/mol. The number of hydrogen-bond donors (Lipinski definition) is 2. The molecule has 2 N–H and O–H groups in total. The van der Waals surface area contributed by atoms with E-state index in [9.17, 15) is 4.79 Å². The Labute approximate surface area is 160 Å². The van der Waals surface area contributed by atoms with Gasteiger partial charge < -0.3 is 19.9 Å². The van der Waals surface area contributed by atoms with Crippen LogP contribution in [0, 0.1) is 20.8 Å². The van der Waals surface area contributed by atoms with Gasteiger partial charge in [-0.3, -0.25) is 4.79 Å². The zero-order chi connectivity index (χ0) is 19.6. The molecule has 0 saturated heterocycles. The van der Waals surface area contributed by atoms with Crippen LogP contribution in [0.25, 0.3) is 0 Å². The van der Waals surface area contributed by atoms with Crippen molar-refractivity contribution in [1.29, 1.82) is 0 Å². The molecule has 1 amide bonds. The highest BCUT2D eigenvalue weighted by Crippen LogP contribution is 2.31. The maximum Gasteiger partial charge on any atom is 0.274 e. The lowest BCUT2D eigenvalue weighted by Gasteiger charge is -2.12. The van der Waals surface area contributed by atoms with E-state index in [2.05, 4.69) is 25.8 Å². The minimum atomic E-state index is -0.403. The third-order valence-corrected chi connectivity index (χ3v) is 4.09. The molecule has 2 aromatic heterocycles. The number of carbonyl (C=O) groups excluding carboxylic acids is 1. The summed E-state index contributed by atoms with van der Waals surface area (Å²) < 4.78 is 10.3. The number of nitrogens with one attached hydrogen (secondary N) is 2. The average Bonchev–Trinajstić information content (AvgIpc) is 3.02. The number of methoxy groups -OCH3 is 1. The number of halogens is 1. The van der Waals surface area contributed by atoms with Crippen LogP contribution in [0.4, 0.5) is 17.5 Å². The molecule has 0 aliphatic carbocycles. The van der Waals surface area contributed by atoms with Crippen molar-refractivity contribution in [1.82, 2.24) is 15.1 Å². The molecular formula is C18H18ClN5O3. The highest BCUT2D eigenvalue weighted by Gasteiger charge is 2.15. The molecule has 9 heteroatoms. The number of amides is 1. The number of carbonyl (C=O) groups is 1. The van der Waals surface area contributed by atoms with Crippen LogP contribution in [0.1, 0.15) is 27.5 Å². The number of hydrogen-bond acceptors (Lipinski definition) is 7. The summed E-state index contributed by atoms with van der Waals surface area (Å²) in [5.74, 6) is 1.40. The Morgan fingerprint density at radius 3 is 2.59 bits per heavy atom. The molecule has 0 aliphatic heterocycles. The zero-order valence-corrected chi connectivity index (χ0v) is 16.0. The summed E-state index contributed by atoms with van der Waals surface area (Å²) in [5.41, 5.74) is 2.13. The third kappa shape index (κ3) is 4.35. The number of aromatic nitrogens is 3. The van der Waals surface area contributed by atoms with Gasteiger partial charge in [0.15, 0.2) is 5.82 Å². The first-order valence-electron chi connectivity index (χ1n) is 8.07. The number of anilines is 3. The molecular weight excluding hydrogens is 370 g/mol. The Morgan fingerprint density at radius 2 is 1.93 bits per heavy atom. The largest absolute Gasteiger partial charge is 0.495 e. The lowest BCUT2D eigenvalue weighted by Crippen LogP contribution is -2.16. The van der Waals surface area contributed by atoms with E-state index < -0.39 is 5.91 Å². The third-order valence-electron chi connectivity index (χ3n) is 3.68. The summed E-state index contributed by atoms with van der Waals surface area (Å²) in [5, 5.41) is 10.1. The van der Waals surface area contributed by atoms with E-state index in [0.29, 0.717) is 33.7 Å². The van der Waals surface area contributed by atoms with Gasteiger partial charge in [0.2, 0.25) is 5.95 Å². The van der Waals surface area contributed by atoms with Crippen LogP contribution in [-0.4, -0.2) is 28.1 Å². The highest BCUT2D eigenvalue weighted by molar-refractivity contribution is 6.31. The quantitative estimate of drug-likeness (QED) is 0.680. The summed E-state index contributed by atoms with van der Waals surface area (Å²) in [4.78, 5) is 21.2. The first-order valence-corrected chi connectivity index (χ1v) is 8.45. The number of nitrogens with zero attached hydrogens (tertiary/aromatic N) is 3. The molecule has 3 aromatic rings. The maximum absolute atomic E-state index is 12.7. The van der Waals surface area contributed by atoms with Gasteiger partial charge in [-0.1, -0.05) is 16.8 Å². The second-order valence-corrected chi connectivity index (χ2v) is 6.33. The van der Waals surface area contributed by atoms with E-state index in [0.717, 1.165) is 5.56 Å². The van der Waals surface area contributed by atoms with Crippen LogP contribution < -0.4 is 15.4 Å². The van der Waals surface area contributed by atoms with Gasteiger partial charge in [-0.05, 0) is 38.5 Å². The number of ether oxygens (including phenoxy) is 1. The van der Waals surface area contributed by atoms with Crippen molar-refractivity contribution in [3.63, 3.8) is 0 Å². The summed E-state index contributed by atoms with van der Waals surface area (Å²) in [6.45, 7) is 5.38. The number of rotatable bonds is 5. The molecule has 1 aromatic carbocycles. The molecule has 0 atom stereocenters. The van der Waals surface area contributed by atoms with E-state index in [1.807, 2.05) is 6.92 Å². The Morgan fingerprint density at radius 1 is 1.15 bits per heavy atom. The molecule has 0 fully saturated rings. The molecule has 0 saturated carbocycles. The molecule has 0 unspecified atom stereocenters. The summed E-state index contributed by atoms with van der Waals surface area (Å²) in [6.07, 6.45) is 0. The van der Waals surface area contributed by atoms with E-state index in [-0.39, 0.29) is 11.6 Å². The molecule has 0 spiro atoms. The lowest BCUT2D eigenvalue weighted by molar-refractivity contribution is 0.102. The van der Waals surface area contributed by atoms with Crippen LogP contribution in [0.15, 0.2) is 28.8 Å². The molecule has 0 bridgehead atoms. The van der Waals surface area contributed by atoms with Crippen molar-refractivity contribution in [2.75, 3.05) is 17.7 Å². The van der Waals surface area contributed by atoms with Crippen molar-refractivity contribution in [2.45, 2.75) is 20.8 Å². The molecule has 27 heavy (non-hydrogen) atoms. The molecule has 140 valence electrons. The molecule has 8 nitrogen and oxygen atoms in total. The predicted octanol–water partition coefficient (Wildman–Crippen LogP) is 4.05. The topological polar surface area (TPSA) is 102 Å². The second kappa shape index (κ2) is 7.63. The zero-order valence-electron chi connectivity index (χ0n) is 15.3. The Balaban J connectivity index is 1.86. The van der Waals surface area contributed by atoms with Gasteiger partial charge >= 0.3 is 0 Å². The lowest BCUT2D eigenvalue weighted by atomic mass is 10.2. The predicted molar refractivity (Wildman–Crippen MR) is 102 cm³/mol. The van der Waals surface area contributed by atoms with Crippen molar-refractivity contribution < 1.29 is 14.1 Å². The second-order valence-electron chi connectivity index (χ2n) is 5.92. The Bertz CT molecular complexity index is 1000. The standard InChI is InChI=1S/C18H18ClN5O3/c1-9-5-13(15(26-4)8-12(9)19)21-17(25)14-6-10(2)20-18(22-14)23-16-7-11(3)27-24-16/h5-8H,1-4H3,(H,21,25)(H,20,22,23,24). The van der Waals surface area contributed by atoms with E-state index in [1.165, 1.54) is 7.11 Å². The SMILES string of the molecule is COc1cc(Cl)c(C)cc1NC(=O)c1cc(C)nc(Nc2cc(C)on2)n1. The van der Waals surface area contributed by atoms with E-state index >= 15 is 0 Å². The fourth-order valence-corrected chi connectivity index (χ4v) is 2.55.